The van der Waals surface area contributed by atoms with Gasteiger partial charge in [0, 0.05) is 0 Å². The molecular formula is C13H10FNO3S. The van der Waals surface area contributed by atoms with E-state index in [0.29, 0.717) is 0 Å². The molecule has 19 heavy (non-hydrogen) atoms. The number of amides is 1. The van der Waals surface area contributed by atoms with Crippen LogP contribution in [-0.2, 0) is 11.2 Å². The zero-order valence-electron chi connectivity index (χ0n) is 9.72. The van der Waals surface area contributed by atoms with Crippen LogP contribution in [0.1, 0.15) is 15.9 Å². The minimum Gasteiger partial charge on any atom is -0.478 e. The molecule has 1 heterocycles. The number of carbonyl (C=O) groups is 2. The minimum absolute atomic E-state index is 0.0345. The summed E-state index contributed by atoms with van der Waals surface area (Å²) in [6.45, 7) is 0. The molecule has 0 atom stereocenters. The molecule has 0 spiro atoms. The largest absolute Gasteiger partial charge is 0.478 e. The van der Waals surface area contributed by atoms with Crippen molar-refractivity contribution in [2.24, 2.45) is 0 Å². The zero-order chi connectivity index (χ0) is 13.8. The third-order valence-electron chi connectivity index (χ3n) is 2.43. The Labute approximate surface area is 112 Å². The van der Waals surface area contributed by atoms with E-state index in [0.717, 1.165) is 23.8 Å². The summed E-state index contributed by atoms with van der Waals surface area (Å²) in [5.74, 6) is -2.20. The average Bonchev–Trinajstić information content (AvgIpc) is 2.81. The van der Waals surface area contributed by atoms with E-state index in [1.165, 1.54) is 11.3 Å². The van der Waals surface area contributed by atoms with Crippen molar-refractivity contribution in [2.45, 2.75) is 6.42 Å². The molecule has 98 valence electrons. The van der Waals surface area contributed by atoms with Crippen molar-refractivity contribution in [3.8, 4) is 0 Å². The molecule has 0 fully saturated rings. The monoisotopic (exact) mass is 279 g/mol. The van der Waals surface area contributed by atoms with Gasteiger partial charge in [0.15, 0.2) is 0 Å². The SMILES string of the molecule is O=C(Cc1ccsc1)Nc1cc(F)ccc1C(=O)O. The highest BCUT2D eigenvalue weighted by Gasteiger charge is 2.13. The summed E-state index contributed by atoms with van der Waals surface area (Å²) >= 11 is 1.46. The number of thiophene rings is 1. The number of anilines is 1. The average molecular weight is 279 g/mol. The van der Waals surface area contributed by atoms with Crippen LogP contribution in [0.5, 0.6) is 0 Å². The maximum absolute atomic E-state index is 13.1. The number of hydrogen-bond donors (Lipinski definition) is 2. The molecule has 4 nitrogen and oxygen atoms in total. The van der Waals surface area contributed by atoms with Crippen molar-refractivity contribution >= 4 is 28.9 Å². The van der Waals surface area contributed by atoms with Crippen molar-refractivity contribution < 1.29 is 19.1 Å². The van der Waals surface area contributed by atoms with E-state index in [1.54, 1.807) is 6.07 Å². The van der Waals surface area contributed by atoms with E-state index in [2.05, 4.69) is 5.32 Å². The van der Waals surface area contributed by atoms with Crippen LogP contribution in [0.25, 0.3) is 0 Å². The van der Waals surface area contributed by atoms with E-state index in [9.17, 15) is 14.0 Å². The van der Waals surface area contributed by atoms with Gasteiger partial charge in [-0.05, 0) is 40.6 Å². The van der Waals surface area contributed by atoms with E-state index in [-0.39, 0.29) is 23.6 Å². The van der Waals surface area contributed by atoms with E-state index in [1.807, 2.05) is 10.8 Å². The zero-order valence-corrected chi connectivity index (χ0v) is 10.5. The molecule has 2 rings (SSSR count). The van der Waals surface area contributed by atoms with Crippen molar-refractivity contribution in [1.82, 2.24) is 0 Å². The van der Waals surface area contributed by atoms with E-state index < -0.39 is 11.8 Å². The maximum atomic E-state index is 13.1. The Morgan fingerprint density at radius 2 is 2.11 bits per heavy atom. The summed E-state index contributed by atoms with van der Waals surface area (Å²) in [7, 11) is 0. The lowest BCUT2D eigenvalue weighted by atomic mass is 10.1. The number of rotatable bonds is 4. The first-order valence-corrected chi connectivity index (χ1v) is 6.34. The molecular weight excluding hydrogens is 269 g/mol. The molecule has 2 aromatic rings. The Hall–Kier alpha value is -2.21. The summed E-state index contributed by atoms with van der Waals surface area (Å²) in [6, 6.07) is 4.96. The topological polar surface area (TPSA) is 66.4 Å². The number of carbonyl (C=O) groups excluding carboxylic acids is 1. The lowest BCUT2D eigenvalue weighted by molar-refractivity contribution is -0.115. The van der Waals surface area contributed by atoms with Gasteiger partial charge in [-0.25, -0.2) is 9.18 Å². The molecule has 0 bridgehead atoms. The quantitative estimate of drug-likeness (QED) is 0.904. The second-order valence-electron chi connectivity index (χ2n) is 3.85. The van der Waals surface area contributed by atoms with Crippen molar-refractivity contribution in [3.05, 3.63) is 52.0 Å². The van der Waals surface area contributed by atoms with Crippen LogP contribution in [0.2, 0.25) is 0 Å². The Morgan fingerprint density at radius 1 is 1.32 bits per heavy atom. The second kappa shape index (κ2) is 5.62. The number of carboxylic acids is 1. The van der Waals surface area contributed by atoms with Gasteiger partial charge in [0.25, 0.3) is 0 Å². The van der Waals surface area contributed by atoms with Crippen LogP contribution in [-0.4, -0.2) is 17.0 Å². The molecule has 0 unspecified atom stereocenters. The van der Waals surface area contributed by atoms with Gasteiger partial charge < -0.3 is 10.4 Å². The molecule has 0 aliphatic carbocycles. The van der Waals surface area contributed by atoms with Gasteiger partial charge in [0.2, 0.25) is 5.91 Å². The smallest absolute Gasteiger partial charge is 0.337 e. The van der Waals surface area contributed by atoms with Crippen LogP contribution in [0.4, 0.5) is 10.1 Å². The lowest BCUT2D eigenvalue weighted by Gasteiger charge is -2.08. The summed E-state index contributed by atoms with van der Waals surface area (Å²) in [4.78, 5) is 22.7. The number of nitrogens with one attached hydrogen (secondary N) is 1. The third-order valence-corrected chi connectivity index (χ3v) is 3.16. The highest BCUT2D eigenvalue weighted by molar-refractivity contribution is 7.08. The van der Waals surface area contributed by atoms with Gasteiger partial charge in [-0.15, -0.1) is 0 Å². The molecule has 6 heteroatoms. The number of halogens is 1. The molecule has 1 aromatic heterocycles. The standard InChI is InChI=1S/C13H10FNO3S/c14-9-1-2-10(13(17)18)11(6-9)15-12(16)5-8-3-4-19-7-8/h1-4,6-7H,5H2,(H,15,16)(H,17,18). The maximum Gasteiger partial charge on any atom is 0.337 e. The Morgan fingerprint density at radius 3 is 2.74 bits per heavy atom. The van der Waals surface area contributed by atoms with Gasteiger partial charge in [-0.1, -0.05) is 0 Å². The van der Waals surface area contributed by atoms with Gasteiger partial charge in [-0.3, -0.25) is 4.79 Å². The molecule has 1 aromatic carbocycles. The summed E-state index contributed by atoms with van der Waals surface area (Å²) in [5.41, 5.74) is 0.656. The second-order valence-corrected chi connectivity index (χ2v) is 4.63. The first-order valence-electron chi connectivity index (χ1n) is 5.40. The van der Waals surface area contributed by atoms with Gasteiger partial charge in [0.05, 0.1) is 17.7 Å². The van der Waals surface area contributed by atoms with Crippen LogP contribution in [0, 0.1) is 5.82 Å². The van der Waals surface area contributed by atoms with Crippen LogP contribution in [0.3, 0.4) is 0 Å². The van der Waals surface area contributed by atoms with Crippen molar-refractivity contribution in [1.29, 1.82) is 0 Å². The first-order chi connectivity index (χ1) is 9.06. The fourth-order valence-corrected chi connectivity index (χ4v) is 2.25. The van der Waals surface area contributed by atoms with E-state index >= 15 is 0 Å². The molecule has 0 radical (unpaired) electrons. The number of aromatic carboxylic acids is 1. The number of benzene rings is 1. The molecule has 0 saturated carbocycles. The fraction of sp³-hybridized carbons (Fsp3) is 0.0769. The molecule has 2 N–H and O–H groups in total. The van der Waals surface area contributed by atoms with Gasteiger partial charge in [0.1, 0.15) is 5.82 Å². The predicted octanol–water partition coefficient (Wildman–Crippen LogP) is 2.77. The number of hydrogen-bond acceptors (Lipinski definition) is 3. The molecule has 1 amide bonds. The minimum atomic E-state index is -1.22. The molecule has 0 aliphatic heterocycles. The van der Waals surface area contributed by atoms with Gasteiger partial charge >= 0.3 is 5.97 Å². The summed E-state index contributed by atoms with van der Waals surface area (Å²) in [5, 5.41) is 15.0. The van der Waals surface area contributed by atoms with Crippen molar-refractivity contribution in [3.63, 3.8) is 0 Å². The van der Waals surface area contributed by atoms with Crippen molar-refractivity contribution in [2.75, 3.05) is 5.32 Å². The van der Waals surface area contributed by atoms with E-state index in [4.69, 9.17) is 5.11 Å². The fourth-order valence-electron chi connectivity index (χ4n) is 1.58. The van der Waals surface area contributed by atoms with Gasteiger partial charge in [-0.2, -0.15) is 11.3 Å². The third kappa shape index (κ3) is 3.38. The normalized spacial score (nSPS) is 10.2. The van der Waals surface area contributed by atoms with Crippen LogP contribution >= 0.6 is 11.3 Å². The summed E-state index contributed by atoms with van der Waals surface area (Å²) < 4.78 is 13.1. The Bertz CT molecular complexity index is 610. The highest BCUT2D eigenvalue weighted by atomic mass is 32.1. The highest BCUT2D eigenvalue weighted by Crippen LogP contribution is 2.18. The number of carboxylic acid groups (broad SMARTS) is 1. The molecule has 0 aliphatic rings. The van der Waals surface area contributed by atoms with Crippen LogP contribution < -0.4 is 5.32 Å². The predicted molar refractivity (Wildman–Crippen MR) is 70.0 cm³/mol. The Kier molecular flexibility index (Phi) is 3.91. The summed E-state index contributed by atoms with van der Waals surface area (Å²) in [6.07, 6.45) is 0.124. The lowest BCUT2D eigenvalue weighted by Crippen LogP contribution is -2.16. The Balaban J connectivity index is 2.16. The van der Waals surface area contributed by atoms with Crippen LogP contribution in [0.15, 0.2) is 35.0 Å². The first kappa shape index (κ1) is 13.2. The molecule has 0 saturated heterocycles.